The molecule has 0 radical (unpaired) electrons. The molecule has 0 spiro atoms. The maximum absolute atomic E-state index is 12.4. The van der Waals surface area contributed by atoms with E-state index in [1.165, 1.54) is 16.3 Å². The molecule has 1 aliphatic carbocycles. The number of ether oxygens (including phenoxy) is 2. The van der Waals surface area contributed by atoms with E-state index in [4.69, 9.17) is 9.47 Å². The van der Waals surface area contributed by atoms with Crippen molar-refractivity contribution in [3.63, 3.8) is 0 Å². The van der Waals surface area contributed by atoms with Crippen molar-refractivity contribution in [3.05, 3.63) is 51.9 Å². The Balaban J connectivity index is 1.24. The van der Waals surface area contributed by atoms with Gasteiger partial charge in [0.1, 0.15) is 5.00 Å². The second kappa shape index (κ2) is 11.3. The number of hydrazone groups is 1. The number of nitrogens with one attached hydrogen (secondary N) is 1. The minimum Gasteiger partial charge on any atom is -0.462 e. The number of hydrogen-bond acceptors (Lipinski definition) is 8. The first kappa shape index (κ1) is 24.6. The number of rotatable bonds is 9. The fraction of sp³-hybridized carbons (Fsp3) is 0.400. The van der Waals surface area contributed by atoms with Crippen LogP contribution >= 0.6 is 11.3 Å². The average Bonchev–Trinajstić information content (AvgIpc) is 3.58. The van der Waals surface area contributed by atoms with Crippen LogP contribution in [-0.2, 0) is 36.7 Å². The summed E-state index contributed by atoms with van der Waals surface area (Å²) in [4.78, 5) is 50.3. The molecule has 35 heavy (non-hydrogen) atoms. The minimum atomic E-state index is -0.653. The summed E-state index contributed by atoms with van der Waals surface area (Å²) in [6, 6.07) is 9.62. The van der Waals surface area contributed by atoms with Crippen molar-refractivity contribution in [2.75, 3.05) is 25.1 Å². The number of thiophene rings is 1. The van der Waals surface area contributed by atoms with Crippen LogP contribution in [0.3, 0.4) is 0 Å². The molecule has 184 valence electrons. The highest BCUT2D eigenvalue weighted by Crippen LogP contribution is 2.39. The molecule has 0 saturated heterocycles. The Morgan fingerprint density at radius 1 is 1.06 bits per heavy atom. The summed E-state index contributed by atoms with van der Waals surface area (Å²) in [6.45, 7) is 1.93. The van der Waals surface area contributed by atoms with Crippen molar-refractivity contribution in [3.8, 4) is 0 Å². The molecule has 0 atom stereocenters. The van der Waals surface area contributed by atoms with Gasteiger partial charge in [-0.2, -0.15) is 5.10 Å². The molecule has 2 aliphatic rings. The molecule has 1 N–H and O–H groups in total. The predicted octanol–water partition coefficient (Wildman–Crippen LogP) is 3.31. The molecular formula is C25H27N3O6S. The van der Waals surface area contributed by atoms with Crippen LogP contribution in [0.5, 0.6) is 0 Å². The number of anilines is 1. The summed E-state index contributed by atoms with van der Waals surface area (Å²) in [5.74, 6) is -1.94. The van der Waals surface area contributed by atoms with Gasteiger partial charge in [0, 0.05) is 17.7 Å². The lowest BCUT2D eigenvalue weighted by molar-refractivity contribution is -0.148. The van der Waals surface area contributed by atoms with Crippen molar-refractivity contribution < 1.29 is 28.7 Å². The summed E-state index contributed by atoms with van der Waals surface area (Å²) >= 11 is 1.36. The van der Waals surface area contributed by atoms with Gasteiger partial charge in [-0.1, -0.05) is 30.3 Å². The molecule has 0 fully saturated rings. The third-order valence-corrected chi connectivity index (χ3v) is 6.97. The maximum Gasteiger partial charge on any atom is 0.341 e. The summed E-state index contributed by atoms with van der Waals surface area (Å²) in [5.41, 5.74) is 3.13. The largest absolute Gasteiger partial charge is 0.462 e. The summed E-state index contributed by atoms with van der Waals surface area (Å²) in [6.07, 6.45) is 3.04. The van der Waals surface area contributed by atoms with Gasteiger partial charge in [-0.15, -0.1) is 11.3 Å². The SMILES string of the molecule is CCOC(=O)c1c(NC(=O)COC(=O)CCC(=O)N2CCC(c3ccccc3)=N2)sc2c1CCC2. The Hall–Kier alpha value is -3.53. The number of fused-ring (bicyclic) bond motifs is 1. The van der Waals surface area contributed by atoms with E-state index in [1.54, 1.807) is 6.92 Å². The zero-order valence-electron chi connectivity index (χ0n) is 19.5. The number of amides is 2. The van der Waals surface area contributed by atoms with E-state index in [0.29, 0.717) is 23.5 Å². The van der Waals surface area contributed by atoms with Gasteiger partial charge in [0.05, 0.1) is 30.8 Å². The quantitative estimate of drug-likeness (QED) is 0.532. The average molecular weight is 498 g/mol. The Morgan fingerprint density at radius 2 is 1.86 bits per heavy atom. The number of carbonyl (C=O) groups excluding carboxylic acids is 4. The van der Waals surface area contributed by atoms with Crippen LogP contribution in [0, 0.1) is 0 Å². The van der Waals surface area contributed by atoms with Gasteiger partial charge < -0.3 is 14.8 Å². The van der Waals surface area contributed by atoms with Crippen molar-refractivity contribution in [2.24, 2.45) is 5.10 Å². The van der Waals surface area contributed by atoms with Crippen LogP contribution in [0.2, 0.25) is 0 Å². The molecule has 0 saturated carbocycles. The van der Waals surface area contributed by atoms with Crippen molar-refractivity contribution in [1.29, 1.82) is 0 Å². The first-order valence-electron chi connectivity index (χ1n) is 11.7. The Morgan fingerprint density at radius 3 is 2.63 bits per heavy atom. The molecule has 1 aromatic heterocycles. The van der Waals surface area contributed by atoms with Gasteiger partial charge in [-0.05, 0) is 37.3 Å². The molecular weight excluding hydrogens is 470 g/mol. The second-order valence-electron chi connectivity index (χ2n) is 8.17. The molecule has 0 bridgehead atoms. The number of hydrogen-bond donors (Lipinski definition) is 1. The Bertz CT molecular complexity index is 1160. The third kappa shape index (κ3) is 5.94. The highest BCUT2D eigenvalue weighted by Gasteiger charge is 2.28. The van der Waals surface area contributed by atoms with Crippen molar-refractivity contribution >= 4 is 45.8 Å². The van der Waals surface area contributed by atoms with E-state index >= 15 is 0 Å². The number of nitrogens with zero attached hydrogens (tertiary/aromatic N) is 2. The summed E-state index contributed by atoms with van der Waals surface area (Å²) < 4.78 is 10.2. The van der Waals surface area contributed by atoms with E-state index in [0.717, 1.165) is 41.0 Å². The fourth-order valence-corrected chi connectivity index (χ4v) is 5.39. The van der Waals surface area contributed by atoms with E-state index in [-0.39, 0.29) is 25.4 Å². The van der Waals surface area contributed by atoms with E-state index in [1.807, 2.05) is 30.3 Å². The number of benzene rings is 1. The molecule has 4 rings (SSSR count). The molecule has 10 heteroatoms. The van der Waals surface area contributed by atoms with Gasteiger partial charge >= 0.3 is 11.9 Å². The normalized spacial score (nSPS) is 14.3. The summed E-state index contributed by atoms with van der Waals surface area (Å²) in [7, 11) is 0. The monoisotopic (exact) mass is 497 g/mol. The number of carbonyl (C=O) groups is 4. The van der Waals surface area contributed by atoms with Crippen molar-refractivity contribution in [1.82, 2.24) is 5.01 Å². The topological polar surface area (TPSA) is 114 Å². The van der Waals surface area contributed by atoms with Crippen LogP contribution in [0.4, 0.5) is 5.00 Å². The lowest BCUT2D eigenvalue weighted by Gasteiger charge is -2.11. The second-order valence-corrected chi connectivity index (χ2v) is 9.28. The van der Waals surface area contributed by atoms with Crippen LogP contribution in [0.25, 0.3) is 0 Å². The van der Waals surface area contributed by atoms with Gasteiger partial charge in [0.15, 0.2) is 6.61 Å². The van der Waals surface area contributed by atoms with E-state index in [9.17, 15) is 19.2 Å². The third-order valence-electron chi connectivity index (χ3n) is 5.76. The molecule has 2 amide bonds. The van der Waals surface area contributed by atoms with Crippen LogP contribution < -0.4 is 5.32 Å². The van der Waals surface area contributed by atoms with Crippen molar-refractivity contribution in [2.45, 2.75) is 45.4 Å². The van der Waals surface area contributed by atoms with Crippen LogP contribution in [0.15, 0.2) is 35.4 Å². The van der Waals surface area contributed by atoms with E-state index < -0.39 is 24.5 Å². The number of aryl methyl sites for hydroxylation is 1. The Labute approximate surface area is 207 Å². The maximum atomic E-state index is 12.4. The first-order valence-corrected chi connectivity index (χ1v) is 12.5. The molecule has 2 heterocycles. The highest BCUT2D eigenvalue weighted by atomic mass is 32.1. The van der Waals surface area contributed by atoms with Crippen LogP contribution in [0.1, 0.15) is 59.0 Å². The smallest absolute Gasteiger partial charge is 0.341 e. The molecule has 9 nitrogen and oxygen atoms in total. The molecule has 2 aromatic rings. The van der Waals surface area contributed by atoms with Gasteiger partial charge in [-0.25, -0.2) is 9.80 Å². The summed E-state index contributed by atoms with van der Waals surface area (Å²) in [5, 5.41) is 8.83. The Kier molecular flexibility index (Phi) is 7.91. The highest BCUT2D eigenvalue weighted by molar-refractivity contribution is 7.17. The van der Waals surface area contributed by atoms with Gasteiger partial charge in [0.25, 0.3) is 5.91 Å². The van der Waals surface area contributed by atoms with Gasteiger partial charge in [0.2, 0.25) is 5.91 Å². The molecule has 1 aromatic carbocycles. The number of esters is 2. The molecule has 0 unspecified atom stereocenters. The zero-order chi connectivity index (χ0) is 24.8. The molecule has 1 aliphatic heterocycles. The van der Waals surface area contributed by atoms with Gasteiger partial charge in [-0.3, -0.25) is 14.4 Å². The van der Waals surface area contributed by atoms with E-state index in [2.05, 4.69) is 10.4 Å². The lowest BCUT2D eigenvalue weighted by atomic mass is 10.1. The fourth-order valence-electron chi connectivity index (χ4n) is 4.10. The first-order chi connectivity index (χ1) is 17.0. The zero-order valence-corrected chi connectivity index (χ0v) is 20.3. The van der Waals surface area contributed by atoms with Crippen LogP contribution in [-0.4, -0.2) is 54.2 Å². The standard InChI is InChI=1S/C25H27N3O6S/c1-2-33-25(32)23-17-9-6-10-19(17)35-24(23)26-20(29)15-34-22(31)12-11-21(30)28-14-13-18(27-28)16-7-4-3-5-8-16/h3-5,7-8H,2,6,9-15H2,1H3,(H,26,29). The predicted molar refractivity (Wildman–Crippen MR) is 130 cm³/mol. The lowest BCUT2D eigenvalue weighted by Crippen LogP contribution is -2.25. The minimum absolute atomic E-state index is 0.0589.